The molecule has 1 unspecified atom stereocenters. The second-order valence-corrected chi connectivity index (χ2v) is 5.47. The second kappa shape index (κ2) is 8.47. The van der Waals surface area contributed by atoms with Gasteiger partial charge in [0.1, 0.15) is 11.6 Å². The average Bonchev–Trinajstić information content (AvgIpc) is 2.08. The summed E-state index contributed by atoms with van der Waals surface area (Å²) < 4.78 is 5.12. The van der Waals surface area contributed by atoms with Gasteiger partial charge >= 0.3 is 6.09 Å². The normalized spacial score (nSPS) is 12.2. The molecular formula is C10H22ClN3O2S. The monoisotopic (exact) mass is 283 g/mol. The van der Waals surface area contributed by atoms with Crippen molar-refractivity contribution in [2.24, 2.45) is 5.73 Å². The molecule has 0 aliphatic carbocycles. The van der Waals surface area contributed by atoms with Crippen molar-refractivity contribution >= 4 is 23.7 Å². The molecule has 5 nitrogen and oxygen atoms in total. The lowest BCUT2D eigenvalue weighted by atomic mass is 10.2. The molecule has 1 atom stereocenters. The fourth-order valence-corrected chi connectivity index (χ4v) is 1.48. The first-order valence-corrected chi connectivity index (χ1v) is 6.52. The Hall–Kier alpha value is -0.620. The summed E-state index contributed by atoms with van der Waals surface area (Å²) >= 11 is 1.67. The van der Waals surface area contributed by atoms with Crippen molar-refractivity contribution in [1.29, 1.82) is 0 Å². The molecule has 0 bridgehead atoms. The van der Waals surface area contributed by atoms with E-state index in [9.17, 15) is 4.79 Å². The molecule has 17 heavy (non-hydrogen) atoms. The number of amides is 1. The van der Waals surface area contributed by atoms with Crippen LogP contribution in [0.5, 0.6) is 0 Å². The number of hydrogen-bond donors (Lipinski definition) is 3. The Balaban J connectivity index is 0. The predicted molar refractivity (Wildman–Crippen MR) is 67.3 cm³/mol. The number of nitrogens with one attached hydrogen (secondary N) is 1. The minimum absolute atomic E-state index is 0. The van der Waals surface area contributed by atoms with Crippen LogP contribution in [-0.4, -0.2) is 35.6 Å². The zero-order chi connectivity index (χ0) is 12.8. The topological polar surface area (TPSA) is 89.9 Å². The van der Waals surface area contributed by atoms with Gasteiger partial charge in [-0.25, -0.2) is 4.79 Å². The Kier molecular flexibility index (Phi) is 9.33. The molecule has 0 saturated carbocycles. The van der Waals surface area contributed by atoms with Crippen LogP contribution in [0.2, 0.25) is 0 Å². The number of halogens is 1. The zero-order valence-electron chi connectivity index (χ0n) is 10.7. The van der Waals surface area contributed by atoms with Crippen LogP contribution in [0, 0.1) is 0 Å². The third kappa shape index (κ3) is 10.3. The molecule has 0 rings (SSSR count). The number of amidine groups is 1. The molecule has 0 radical (unpaired) electrons. The van der Waals surface area contributed by atoms with E-state index in [2.05, 4.69) is 5.32 Å². The van der Waals surface area contributed by atoms with Gasteiger partial charge in [0, 0.05) is 0 Å². The molecule has 0 aromatic rings. The number of nitrogens with two attached hydrogens (primary N) is 2. The molecule has 1 amide bonds. The molecular weight excluding hydrogens is 262 g/mol. The number of ether oxygens (including phenoxy) is 1. The van der Waals surface area contributed by atoms with Gasteiger partial charge in [-0.3, -0.25) is 11.1 Å². The first-order valence-electron chi connectivity index (χ1n) is 5.12. The lowest BCUT2D eigenvalue weighted by Gasteiger charge is -2.21. The largest absolute Gasteiger partial charge is 1.00 e. The first-order chi connectivity index (χ1) is 7.26. The van der Waals surface area contributed by atoms with Gasteiger partial charge in [0.2, 0.25) is 0 Å². The summed E-state index contributed by atoms with van der Waals surface area (Å²) in [5.41, 5.74) is 4.99. The van der Waals surface area contributed by atoms with E-state index in [4.69, 9.17) is 15.9 Å². The molecule has 0 heterocycles. The molecule has 0 aromatic heterocycles. The molecule has 5 N–H and O–H groups in total. The van der Waals surface area contributed by atoms with Gasteiger partial charge in [-0.05, 0) is 39.2 Å². The van der Waals surface area contributed by atoms with Crippen LogP contribution in [0.25, 0.3) is 0 Å². The van der Waals surface area contributed by atoms with Gasteiger partial charge in [-0.15, -0.1) is 0 Å². The van der Waals surface area contributed by atoms with Crippen LogP contribution in [0.4, 0.5) is 4.79 Å². The standard InChI is InChI=1S/C10H21N3O2S.ClH/c1-10(2,3)15-9(14)13-7(8(11)12)5-6-16-4;/h7H,5-6H2,1-4H3,(H3,11,12)(H,13,14);1H. The van der Waals surface area contributed by atoms with E-state index in [1.807, 2.05) is 6.26 Å². The van der Waals surface area contributed by atoms with Crippen molar-refractivity contribution < 1.29 is 27.3 Å². The van der Waals surface area contributed by atoms with E-state index in [0.717, 1.165) is 5.75 Å². The molecule has 102 valence electrons. The van der Waals surface area contributed by atoms with E-state index < -0.39 is 11.7 Å². The number of alkyl carbamates (subject to hydrolysis) is 1. The smallest absolute Gasteiger partial charge is 0.408 e. The Labute approximate surface area is 113 Å². The average molecular weight is 284 g/mol. The SMILES string of the molecule is CSCCC(NC(=O)OC(C)(C)C)C(N)=[NH2+].[Cl-]. The predicted octanol–water partition coefficient (Wildman–Crippen LogP) is -3.25. The summed E-state index contributed by atoms with van der Waals surface area (Å²) in [4.78, 5) is 11.5. The Morgan fingerprint density at radius 1 is 1.53 bits per heavy atom. The van der Waals surface area contributed by atoms with Crippen molar-refractivity contribution in [2.45, 2.75) is 38.8 Å². The summed E-state index contributed by atoms with van der Waals surface area (Å²) in [6, 6.07) is -0.331. The third-order valence-corrected chi connectivity index (χ3v) is 2.35. The van der Waals surface area contributed by atoms with E-state index in [-0.39, 0.29) is 24.3 Å². The molecule has 0 aliphatic rings. The summed E-state index contributed by atoms with van der Waals surface area (Å²) in [7, 11) is 0. The second-order valence-electron chi connectivity index (χ2n) is 4.48. The van der Waals surface area contributed by atoms with Crippen LogP contribution >= 0.6 is 11.8 Å². The number of carbonyl (C=O) groups is 1. The lowest BCUT2D eigenvalue weighted by molar-refractivity contribution is -0.120. The van der Waals surface area contributed by atoms with Crippen LogP contribution in [-0.2, 0) is 4.74 Å². The van der Waals surface area contributed by atoms with Gasteiger partial charge in [0.25, 0.3) is 5.84 Å². The molecule has 0 fully saturated rings. The first kappa shape index (κ1) is 18.7. The van der Waals surface area contributed by atoms with Gasteiger partial charge in [0.05, 0.1) is 0 Å². The highest BCUT2D eigenvalue weighted by atomic mass is 35.5. The van der Waals surface area contributed by atoms with E-state index >= 15 is 0 Å². The van der Waals surface area contributed by atoms with E-state index in [1.165, 1.54) is 0 Å². The zero-order valence-corrected chi connectivity index (χ0v) is 12.3. The van der Waals surface area contributed by atoms with Crippen molar-refractivity contribution in [3.8, 4) is 0 Å². The Bertz CT molecular complexity index is 256. The van der Waals surface area contributed by atoms with Crippen LogP contribution in [0.1, 0.15) is 27.2 Å². The number of hydrogen-bond acceptors (Lipinski definition) is 3. The van der Waals surface area contributed by atoms with Gasteiger partial charge in [-0.2, -0.15) is 11.8 Å². The van der Waals surface area contributed by atoms with Crippen molar-refractivity contribution in [1.82, 2.24) is 5.32 Å². The van der Waals surface area contributed by atoms with Crippen LogP contribution in [0.3, 0.4) is 0 Å². The minimum atomic E-state index is -0.516. The Morgan fingerprint density at radius 2 is 2.06 bits per heavy atom. The summed E-state index contributed by atoms with van der Waals surface area (Å²) in [5.74, 6) is 1.08. The minimum Gasteiger partial charge on any atom is -1.00 e. The fourth-order valence-electron chi connectivity index (χ4n) is 1.01. The summed E-state index contributed by atoms with van der Waals surface area (Å²) in [5, 5.41) is 8.15. The van der Waals surface area contributed by atoms with E-state index in [0.29, 0.717) is 6.42 Å². The number of carbonyl (C=O) groups excluding carboxylic acids is 1. The van der Waals surface area contributed by atoms with Crippen LogP contribution in [0.15, 0.2) is 0 Å². The summed E-state index contributed by atoms with van der Waals surface area (Å²) in [6.45, 7) is 5.41. The molecule has 7 heteroatoms. The number of rotatable bonds is 5. The molecule has 0 aliphatic heterocycles. The maximum absolute atomic E-state index is 11.5. The maximum Gasteiger partial charge on any atom is 0.408 e. The highest BCUT2D eigenvalue weighted by Gasteiger charge is 2.22. The van der Waals surface area contributed by atoms with Crippen molar-refractivity contribution in [2.75, 3.05) is 12.0 Å². The molecule has 0 saturated heterocycles. The molecule has 0 spiro atoms. The Morgan fingerprint density at radius 3 is 2.41 bits per heavy atom. The van der Waals surface area contributed by atoms with E-state index in [1.54, 1.807) is 32.5 Å². The lowest BCUT2D eigenvalue weighted by Crippen LogP contribution is -3.00. The van der Waals surface area contributed by atoms with Gasteiger partial charge in [0.15, 0.2) is 0 Å². The fraction of sp³-hybridized carbons (Fsp3) is 0.800. The molecule has 0 aromatic carbocycles. The quantitative estimate of drug-likeness (QED) is 0.365. The number of thioether (sulfide) groups is 1. The van der Waals surface area contributed by atoms with Gasteiger partial charge < -0.3 is 22.5 Å². The highest BCUT2D eigenvalue weighted by Crippen LogP contribution is 2.07. The highest BCUT2D eigenvalue weighted by molar-refractivity contribution is 7.98. The summed E-state index contributed by atoms with van der Waals surface area (Å²) in [6.07, 6.45) is 2.19. The van der Waals surface area contributed by atoms with Crippen molar-refractivity contribution in [3.63, 3.8) is 0 Å². The van der Waals surface area contributed by atoms with Gasteiger partial charge in [-0.1, -0.05) is 0 Å². The third-order valence-electron chi connectivity index (χ3n) is 1.70. The van der Waals surface area contributed by atoms with Crippen molar-refractivity contribution in [3.05, 3.63) is 0 Å². The van der Waals surface area contributed by atoms with Crippen LogP contribution < -0.4 is 28.9 Å². The maximum atomic E-state index is 11.5.